The van der Waals surface area contributed by atoms with Gasteiger partial charge in [-0.2, -0.15) is 0 Å². The lowest BCUT2D eigenvalue weighted by molar-refractivity contribution is 0.0707. The molecule has 10 heteroatoms. The van der Waals surface area contributed by atoms with E-state index >= 15 is 0 Å². The maximum Gasteiger partial charge on any atom is 0.311 e. The first-order valence-electron chi connectivity index (χ1n) is 12.1. The monoisotopic (exact) mass is 525 g/mol. The minimum absolute atomic E-state index is 0.665. The van der Waals surface area contributed by atoms with E-state index in [1.54, 1.807) is 7.11 Å². The summed E-state index contributed by atoms with van der Waals surface area (Å²) in [6, 6.07) is 2.33. The Balaban J connectivity index is 4.64. The molecule has 0 spiro atoms. The predicted octanol–water partition coefficient (Wildman–Crippen LogP) is 6.55. The second kappa shape index (κ2) is 13.1. The SMILES string of the molecule is COCCOCCC[Si](C)(C)O[Si](C)(C)O[Si](C)(C)CCCN([Si](C)(C)C)[Si](C)(C)C. The summed E-state index contributed by atoms with van der Waals surface area (Å²) in [5, 5.41) is 0. The van der Waals surface area contributed by atoms with Crippen LogP contribution in [0.2, 0.25) is 90.7 Å². The van der Waals surface area contributed by atoms with Crippen LogP contribution in [0, 0.1) is 0 Å². The van der Waals surface area contributed by atoms with Gasteiger partial charge in [0.2, 0.25) is 0 Å². The Labute approximate surface area is 200 Å². The Bertz CT molecular complexity index is 491. The van der Waals surface area contributed by atoms with Crippen LogP contribution < -0.4 is 0 Å². The molecule has 0 bridgehead atoms. The van der Waals surface area contributed by atoms with Gasteiger partial charge >= 0.3 is 8.56 Å². The zero-order valence-electron chi connectivity index (χ0n) is 23.2. The van der Waals surface area contributed by atoms with Gasteiger partial charge in [0.05, 0.1) is 13.2 Å². The molecule has 0 fully saturated rings. The zero-order chi connectivity index (χ0) is 24.6. The van der Waals surface area contributed by atoms with Crippen LogP contribution in [0.5, 0.6) is 0 Å². The second-order valence-electron chi connectivity index (χ2n) is 12.4. The van der Waals surface area contributed by atoms with Crippen LogP contribution >= 0.6 is 0 Å². The molecule has 0 heterocycles. The molecule has 0 aliphatic rings. The molecule has 0 aromatic heterocycles. The minimum Gasteiger partial charge on any atom is -0.437 e. The van der Waals surface area contributed by atoms with E-state index in [1.165, 1.54) is 19.0 Å². The van der Waals surface area contributed by atoms with Crippen molar-refractivity contribution < 1.29 is 17.7 Å². The largest absolute Gasteiger partial charge is 0.437 e. The molecule has 0 unspecified atom stereocenters. The average Bonchev–Trinajstić information content (AvgIpc) is 2.50. The van der Waals surface area contributed by atoms with Crippen LogP contribution in [0.25, 0.3) is 0 Å². The number of rotatable bonds is 17. The Morgan fingerprint density at radius 1 is 0.581 bits per heavy atom. The van der Waals surface area contributed by atoms with E-state index in [2.05, 4.69) is 82.8 Å². The quantitative estimate of drug-likeness (QED) is 0.159. The summed E-state index contributed by atoms with van der Waals surface area (Å²) in [6.45, 7) is 32.2. The van der Waals surface area contributed by atoms with Crippen molar-refractivity contribution in [2.24, 2.45) is 0 Å². The van der Waals surface area contributed by atoms with Gasteiger partial charge in [0, 0.05) is 13.7 Å². The summed E-state index contributed by atoms with van der Waals surface area (Å²) in [6.07, 6.45) is 2.30. The van der Waals surface area contributed by atoms with Crippen LogP contribution in [0.3, 0.4) is 0 Å². The van der Waals surface area contributed by atoms with Crippen molar-refractivity contribution in [2.45, 2.75) is 103 Å². The number of methoxy groups -OCH3 is 1. The van der Waals surface area contributed by atoms with Gasteiger partial charge in [0.15, 0.2) is 16.6 Å². The Morgan fingerprint density at radius 3 is 1.45 bits per heavy atom. The topological polar surface area (TPSA) is 40.2 Å². The zero-order valence-corrected chi connectivity index (χ0v) is 28.2. The summed E-state index contributed by atoms with van der Waals surface area (Å²) in [5.41, 5.74) is 0. The molecular weight excluding hydrogens is 471 g/mol. The molecule has 0 saturated heterocycles. The van der Waals surface area contributed by atoms with Crippen molar-refractivity contribution in [1.29, 1.82) is 0 Å². The van der Waals surface area contributed by atoms with Crippen LogP contribution in [0.1, 0.15) is 12.8 Å². The molecule has 188 valence electrons. The van der Waals surface area contributed by atoms with Crippen molar-refractivity contribution in [3.8, 4) is 0 Å². The van der Waals surface area contributed by atoms with E-state index in [9.17, 15) is 0 Å². The van der Waals surface area contributed by atoms with E-state index in [1.807, 2.05) is 0 Å². The molecule has 0 atom stereocenters. The Kier molecular flexibility index (Phi) is 13.5. The molecule has 0 N–H and O–H groups in total. The smallest absolute Gasteiger partial charge is 0.311 e. The Hall–Kier alpha value is 0.884. The maximum absolute atomic E-state index is 6.82. The van der Waals surface area contributed by atoms with E-state index in [4.69, 9.17) is 17.7 Å². The normalized spacial score (nSPS) is 14.5. The van der Waals surface area contributed by atoms with Crippen LogP contribution in [-0.4, -0.2) is 79.4 Å². The molecule has 0 aliphatic heterocycles. The number of hydrogen-bond donors (Lipinski definition) is 0. The average molecular weight is 526 g/mol. The summed E-state index contributed by atoms with van der Waals surface area (Å²) < 4.78 is 27.1. The highest BCUT2D eigenvalue weighted by molar-refractivity contribution is 6.89. The third-order valence-electron chi connectivity index (χ3n) is 5.32. The van der Waals surface area contributed by atoms with Gasteiger partial charge in [-0.25, -0.2) is 0 Å². The molecule has 0 rings (SSSR count). The summed E-state index contributed by atoms with van der Waals surface area (Å²) in [4.78, 5) is 0. The predicted molar refractivity (Wildman–Crippen MR) is 150 cm³/mol. The second-order valence-corrected chi connectivity index (χ2v) is 35.1. The van der Waals surface area contributed by atoms with Crippen molar-refractivity contribution in [3.05, 3.63) is 0 Å². The molecule has 5 nitrogen and oxygen atoms in total. The standard InChI is InChI=1S/C21H55NO4Si5/c1-23-18-19-24-17-15-21-30(10,11)26-31(12,13)25-29(8,9)20-14-16-22(27(2,3)4)28(5,6)7/h14-21H2,1-13H3. The summed E-state index contributed by atoms with van der Waals surface area (Å²) in [7, 11) is -6.50. The van der Waals surface area contributed by atoms with Crippen molar-refractivity contribution in [2.75, 3.05) is 33.5 Å². The minimum atomic E-state index is -2.14. The molecule has 0 aromatic carbocycles. The first kappa shape index (κ1) is 31.9. The molecule has 0 amide bonds. The number of nitrogens with zero attached hydrogens (tertiary/aromatic N) is 1. The third kappa shape index (κ3) is 15.4. The fourth-order valence-corrected chi connectivity index (χ4v) is 28.4. The maximum atomic E-state index is 6.82. The van der Waals surface area contributed by atoms with Crippen LogP contribution in [0.15, 0.2) is 0 Å². The lowest BCUT2D eigenvalue weighted by Gasteiger charge is -2.44. The van der Waals surface area contributed by atoms with Gasteiger partial charge < -0.3 is 21.9 Å². The first-order chi connectivity index (χ1) is 13.8. The number of ether oxygens (including phenoxy) is 2. The van der Waals surface area contributed by atoms with Gasteiger partial charge in [0.1, 0.15) is 16.5 Å². The lowest BCUT2D eigenvalue weighted by Crippen LogP contribution is -2.59. The van der Waals surface area contributed by atoms with Crippen molar-refractivity contribution in [1.82, 2.24) is 4.23 Å². The molecule has 0 aliphatic carbocycles. The van der Waals surface area contributed by atoms with Crippen molar-refractivity contribution >= 4 is 41.7 Å². The van der Waals surface area contributed by atoms with Gasteiger partial charge in [-0.3, -0.25) is 0 Å². The van der Waals surface area contributed by atoms with Gasteiger partial charge in [0.25, 0.3) is 0 Å². The van der Waals surface area contributed by atoms with Gasteiger partial charge in [-0.1, -0.05) is 39.3 Å². The fourth-order valence-electron chi connectivity index (χ4n) is 4.64. The fraction of sp³-hybridized carbons (Fsp3) is 1.00. The van der Waals surface area contributed by atoms with E-state index in [-0.39, 0.29) is 0 Å². The van der Waals surface area contributed by atoms with Crippen LogP contribution in [0.4, 0.5) is 0 Å². The number of hydrogen-bond acceptors (Lipinski definition) is 5. The summed E-state index contributed by atoms with van der Waals surface area (Å²) in [5.74, 6) is 0. The highest BCUT2D eigenvalue weighted by Gasteiger charge is 2.40. The van der Waals surface area contributed by atoms with Crippen LogP contribution in [-0.2, 0) is 17.7 Å². The highest BCUT2D eigenvalue weighted by atomic mass is 28.5. The molecule has 31 heavy (non-hydrogen) atoms. The third-order valence-corrected chi connectivity index (χ3v) is 24.5. The highest BCUT2D eigenvalue weighted by Crippen LogP contribution is 2.27. The first-order valence-corrected chi connectivity index (χ1v) is 28.0. The molecule has 0 aromatic rings. The van der Waals surface area contributed by atoms with Crippen molar-refractivity contribution in [3.63, 3.8) is 0 Å². The molecular formula is C21H55NO4Si5. The molecule has 0 radical (unpaired) electrons. The summed E-state index contributed by atoms with van der Waals surface area (Å²) >= 11 is 0. The van der Waals surface area contributed by atoms with E-state index in [0.29, 0.717) is 13.2 Å². The lowest BCUT2D eigenvalue weighted by atomic mass is 10.5. The van der Waals surface area contributed by atoms with Gasteiger partial charge in [-0.15, -0.1) is 0 Å². The van der Waals surface area contributed by atoms with E-state index < -0.39 is 41.7 Å². The Morgan fingerprint density at radius 2 is 1.03 bits per heavy atom. The molecule has 0 saturated carbocycles. The van der Waals surface area contributed by atoms with E-state index in [0.717, 1.165) is 19.1 Å². The van der Waals surface area contributed by atoms with Gasteiger partial charge in [-0.05, 0) is 70.8 Å².